The van der Waals surface area contributed by atoms with E-state index in [9.17, 15) is 9.59 Å². The van der Waals surface area contributed by atoms with E-state index in [4.69, 9.17) is 0 Å². The van der Waals surface area contributed by atoms with Crippen LogP contribution in [0.5, 0.6) is 0 Å². The Kier molecular flexibility index (Phi) is 6.09. The van der Waals surface area contributed by atoms with E-state index in [1.54, 1.807) is 6.07 Å². The van der Waals surface area contributed by atoms with Crippen LogP contribution in [0.3, 0.4) is 0 Å². The summed E-state index contributed by atoms with van der Waals surface area (Å²) in [5.41, 5.74) is 2.74. The Balaban J connectivity index is 1.61. The van der Waals surface area contributed by atoms with Crippen LogP contribution in [0.2, 0.25) is 0 Å². The molecule has 2 N–H and O–H groups in total. The van der Waals surface area contributed by atoms with E-state index < -0.39 is 6.04 Å². The van der Waals surface area contributed by atoms with E-state index in [0.29, 0.717) is 17.3 Å². The van der Waals surface area contributed by atoms with Gasteiger partial charge in [-0.1, -0.05) is 44.2 Å². The molecule has 1 aliphatic carbocycles. The van der Waals surface area contributed by atoms with Crippen LogP contribution < -0.4 is 10.6 Å². The molecule has 0 saturated heterocycles. The summed E-state index contributed by atoms with van der Waals surface area (Å²) in [5.74, 6) is 0.0899. The summed E-state index contributed by atoms with van der Waals surface area (Å²) in [6.07, 6.45) is 3.36. The predicted octanol–water partition coefficient (Wildman–Crippen LogP) is 3.74. The van der Waals surface area contributed by atoms with Crippen LogP contribution in [-0.4, -0.2) is 24.4 Å². The Morgan fingerprint density at radius 1 is 1.19 bits per heavy atom. The van der Waals surface area contributed by atoms with E-state index >= 15 is 0 Å². The molecular formula is C21H26N2O2S. The van der Waals surface area contributed by atoms with Gasteiger partial charge < -0.3 is 10.6 Å². The molecule has 4 nitrogen and oxygen atoms in total. The van der Waals surface area contributed by atoms with Gasteiger partial charge in [0.05, 0.1) is 4.88 Å². The highest BCUT2D eigenvalue weighted by atomic mass is 32.1. The summed E-state index contributed by atoms with van der Waals surface area (Å²) >= 11 is 1.38. The van der Waals surface area contributed by atoms with Crippen molar-refractivity contribution in [1.29, 1.82) is 0 Å². The molecule has 2 unspecified atom stereocenters. The van der Waals surface area contributed by atoms with Crippen molar-refractivity contribution < 1.29 is 9.59 Å². The van der Waals surface area contributed by atoms with Gasteiger partial charge in [-0.25, -0.2) is 0 Å². The van der Waals surface area contributed by atoms with Crippen molar-refractivity contribution in [1.82, 2.24) is 10.6 Å². The molecule has 3 rings (SSSR count). The summed E-state index contributed by atoms with van der Waals surface area (Å²) in [7, 11) is 0. The molecule has 2 atom stereocenters. The smallest absolute Gasteiger partial charge is 0.262 e. The van der Waals surface area contributed by atoms with Gasteiger partial charge in [0, 0.05) is 12.5 Å². The maximum absolute atomic E-state index is 12.7. The molecule has 0 aliphatic heterocycles. The molecular weight excluding hydrogens is 344 g/mol. The van der Waals surface area contributed by atoms with Gasteiger partial charge >= 0.3 is 0 Å². The second-order valence-corrected chi connectivity index (χ2v) is 8.15. The first-order valence-corrected chi connectivity index (χ1v) is 10.1. The molecule has 2 amide bonds. The number of hydrogen-bond acceptors (Lipinski definition) is 3. The highest BCUT2D eigenvalue weighted by Gasteiger charge is 2.26. The van der Waals surface area contributed by atoms with Crippen LogP contribution in [0.25, 0.3) is 0 Å². The van der Waals surface area contributed by atoms with Gasteiger partial charge in [0.1, 0.15) is 6.04 Å². The lowest BCUT2D eigenvalue weighted by Crippen LogP contribution is -2.50. The Bertz CT molecular complexity index is 755. The number of carbonyl (C=O) groups is 2. The van der Waals surface area contributed by atoms with E-state index in [2.05, 4.69) is 34.9 Å². The number of benzene rings is 1. The van der Waals surface area contributed by atoms with Crippen LogP contribution >= 0.6 is 11.3 Å². The normalized spacial score (nSPS) is 17.4. The lowest BCUT2D eigenvalue weighted by atomic mass is 9.83. The Morgan fingerprint density at radius 2 is 2.00 bits per heavy atom. The standard InChI is InChI=1S/C21H26N2O2S/c1-14(2)19(23-20(24)18-11-6-12-26-18)21(25)22-13-16-9-5-8-15-7-3-4-10-17(15)16/h3-4,6-7,10-12,14,16,19H,5,8-9,13H2,1-2H3,(H,22,25)(H,23,24). The SMILES string of the molecule is CC(C)C(NC(=O)c1cccs1)C(=O)NCC1CCCc2ccccc21. The molecule has 0 fully saturated rings. The van der Waals surface area contributed by atoms with E-state index in [-0.39, 0.29) is 17.7 Å². The van der Waals surface area contributed by atoms with Gasteiger partial charge in [-0.2, -0.15) is 0 Å². The van der Waals surface area contributed by atoms with Crippen molar-refractivity contribution in [2.45, 2.75) is 45.1 Å². The fourth-order valence-electron chi connectivity index (χ4n) is 3.56. The maximum atomic E-state index is 12.7. The zero-order valence-electron chi connectivity index (χ0n) is 15.3. The van der Waals surface area contributed by atoms with Crippen molar-refractivity contribution in [3.05, 3.63) is 57.8 Å². The summed E-state index contributed by atoms with van der Waals surface area (Å²) in [4.78, 5) is 25.7. The number of aryl methyl sites for hydroxylation is 1. The van der Waals surface area contributed by atoms with Crippen molar-refractivity contribution in [3.63, 3.8) is 0 Å². The van der Waals surface area contributed by atoms with Crippen LogP contribution in [0.1, 0.15) is 53.4 Å². The molecule has 1 heterocycles. The lowest BCUT2D eigenvalue weighted by molar-refractivity contribution is -0.124. The molecule has 138 valence electrons. The van der Waals surface area contributed by atoms with Crippen molar-refractivity contribution in [2.75, 3.05) is 6.54 Å². The molecule has 0 saturated carbocycles. The Labute approximate surface area is 159 Å². The fraction of sp³-hybridized carbons (Fsp3) is 0.429. The van der Waals surface area contributed by atoms with Gasteiger partial charge in [-0.05, 0) is 47.8 Å². The largest absolute Gasteiger partial charge is 0.354 e. The molecule has 1 aromatic heterocycles. The second kappa shape index (κ2) is 8.49. The van der Waals surface area contributed by atoms with Crippen LogP contribution in [-0.2, 0) is 11.2 Å². The first kappa shape index (κ1) is 18.6. The summed E-state index contributed by atoms with van der Waals surface area (Å²) in [5, 5.41) is 7.82. The Morgan fingerprint density at radius 3 is 2.73 bits per heavy atom. The van der Waals surface area contributed by atoms with Crippen LogP contribution in [0.15, 0.2) is 41.8 Å². The third kappa shape index (κ3) is 4.33. The number of thiophene rings is 1. The minimum atomic E-state index is -0.525. The average Bonchev–Trinajstić information content (AvgIpc) is 3.18. The van der Waals surface area contributed by atoms with Gasteiger partial charge in [0.25, 0.3) is 5.91 Å². The van der Waals surface area contributed by atoms with E-state index in [1.807, 2.05) is 25.3 Å². The van der Waals surface area contributed by atoms with Gasteiger partial charge in [0.2, 0.25) is 5.91 Å². The first-order valence-electron chi connectivity index (χ1n) is 9.26. The number of hydrogen-bond donors (Lipinski definition) is 2. The van der Waals surface area contributed by atoms with E-state index in [0.717, 1.165) is 19.3 Å². The maximum Gasteiger partial charge on any atom is 0.262 e. The van der Waals surface area contributed by atoms with Crippen molar-refractivity contribution in [2.24, 2.45) is 5.92 Å². The fourth-order valence-corrected chi connectivity index (χ4v) is 4.18. The zero-order chi connectivity index (χ0) is 18.5. The average molecular weight is 371 g/mol. The summed E-state index contributed by atoms with van der Waals surface area (Å²) in [6, 6.07) is 11.6. The second-order valence-electron chi connectivity index (χ2n) is 7.21. The summed E-state index contributed by atoms with van der Waals surface area (Å²) in [6.45, 7) is 4.53. The number of fused-ring (bicyclic) bond motifs is 1. The molecule has 5 heteroatoms. The van der Waals surface area contributed by atoms with Crippen molar-refractivity contribution in [3.8, 4) is 0 Å². The highest BCUT2D eigenvalue weighted by molar-refractivity contribution is 7.12. The third-order valence-electron chi connectivity index (χ3n) is 5.00. The highest BCUT2D eigenvalue weighted by Crippen LogP contribution is 2.30. The number of amides is 2. The van der Waals surface area contributed by atoms with Crippen molar-refractivity contribution >= 4 is 23.2 Å². The lowest BCUT2D eigenvalue weighted by Gasteiger charge is -2.27. The monoisotopic (exact) mass is 370 g/mol. The molecule has 0 bridgehead atoms. The molecule has 0 radical (unpaired) electrons. The van der Waals surface area contributed by atoms with Gasteiger partial charge in [0.15, 0.2) is 0 Å². The molecule has 26 heavy (non-hydrogen) atoms. The van der Waals surface area contributed by atoms with E-state index in [1.165, 1.54) is 22.5 Å². The minimum absolute atomic E-state index is 0.0255. The molecule has 0 spiro atoms. The number of rotatable bonds is 6. The van der Waals surface area contributed by atoms with Crippen LogP contribution in [0.4, 0.5) is 0 Å². The number of carbonyl (C=O) groups excluding carboxylic acids is 2. The Hall–Kier alpha value is -2.14. The molecule has 2 aromatic rings. The number of nitrogens with one attached hydrogen (secondary N) is 2. The topological polar surface area (TPSA) is 58.2 Å². The summed E-state index contributed by atoms with van der Waals surface area (Å²) < 4.78 is 0. The van der Waals surface area contributed by atoms with Crippen LogP contribution in [0, 0.1) is 5.92 Å². The molecule has 1 aliphatic rings. The predicted molar refractivity (Wildman–Crippen MR) is 106 cm³/mol. The first-order chi connectivity index (χ1) is 12.6. The third-order valence-corrected chi connectivity index (χ3v) is 5.87. The molecule has 1 aromatic carbocycles. The van der Waals surface area contributed by atoms with Gasteiger partial charge in [-0.3, -0.25) is 9.59 Å². The zero-order valence-corrected chi connectivity index (χ0v) is 16.1. The quantitative estimate of drug-likeness (QED) is 0.814. The van der Waals surface area contributed by atoms with Gasteiger partial charge in [-0.15, -0.1) is 11.3 Å². The minimum Gasteiger partial charge on any atom is -0.354 e.